The average molecular weight is 467 g/mol. The zero-order chi connectivity index (χ0) is 23.9. The van der Waals surface area contributed by atoms with Crippen LogP contribution in [-0.2, 0) is 14.3 Å². The largest absolute Gasteiger partial charge is 0.381 e. The molecule has 1 rings (SSSR count). The maximum atomic E-state index is 11.7. The molecule has 1 aliphatic carbocycles. The predicted octanol–water partition coefficient (Wildman–Crippen LogP) is 9.21. The van der Waals surface area contributed by atoms with Gasteiger partial charge in [0.25, 0.3) is 0 Å². The minimum absolute atomic E-state index is 0.392. The number of hydrogen-bond donors (Lipinski definition) is 0. The van der Waals surface area contributed by atoms with Gasteiger partial charge in [0.2, 0.25) is 0 Å². The molecule has 0 heterocycles. The second kappa shape index (κ2) is 22.1. The molecule has 3 heteroatoms. The number of Topliss-reactive ketones (excluding diaryl/α,β-unsaturated/α-hetero) is 1. The van der Waals surface area contributed by atoms with Crippen molar-refractivity contribution in [3.63, 3.8) is 0 Å². The third-order valence-corrected chi connectivity index (χ3v) is 7.42. The molecule has 0 unspecified atom stereocenters. The fraction of sp³-hybridized carbons (Fsp3) is 0.967. The second-order valence-electron chi connectivity index (χ2n) is 10.8. The highest BCUT2D eigenvalue weighted by Gasteiger charge is 2.41. The average Bonchev–Trinajstić information content (AvgIpc) is 2.79. The number of ether oxygens (including phenoxy) is 2. The third kappa shape index (κ3) is 17.6. The molecule has 33 heavy (non-hydrogen) atoms. The Hall–Kier alpha value is -0.410. The zero-order valence-electron chi connectivity index (χ0n) is 22.6. The van der Waals surface area contributed by atoms with Crippen molar-refractivity contribution < 1.29 is 14.3 Å². The van der Waals surface area contributed by atoms with E-state index in [1.54, 1.807) is 0 Å². The van der Waals surface area contributed by atoms with Crippen LogP contribution in [0.4, 0.5) is 0 Å². The summed E-state index contributed by atoms with van der Waals surface area (Å²) < 4.78 is 11.3. The van der Waals surface area contributed by atoms with E-state index in [2.05, 4.69) is 13.8 Å². The molecule has 0 aliphatic heterocycles. The van der Waals surface area contributed by atoms with Crippen LogP contribution >= 0.6 is 0 Å². The Morgan fingerprint density at radius 3 is 1.21 bits per heavy atom. The number of unbranched alkanes of at least 4 members (excludes halogenated alkanes) is 14. The number of carbonyl (C=O) groups is 1. The van der Waals surface area contributed by atoms with Crippen LogP contribution < -0.4 is 0 Å². The van der Waals surface area contributed by atoms with Gasteiger partial charge >= 0.3 is 0 Å². The molecule has 0 N–H and O–H groups in total. The van der Waals surface area contributed by atoms with Gasteiger partial charge in [-0.25, -0.2) is 0 Å². The van der Waals surface area contributed by atoms with Crippen LogP contribution in [0.5, 0.6) is 0 Å². The van der Waals surface area contributed by atoms with Crippen molar-refractivity contribution in [2.24, 2.45) is 5.41 Å². The van der Waals surface area contributed by atoms with Gasteiger partial charge < -0.3 is 9.47 Å². The number of hydrogen-bond acceptors (Lipinski definition) is 3. The van der Waals surface area contributed by atoms with Gasteiger partial charge in [0.1, 0.15) is 5.78 Å². The minimum atomic E-state index is 0.392. The lowest BCUT2D eigenvalue weighted by Crippen LogP contribution is -2.37. The Morgan fingerprint density at radius 1 is 0.515 bits per heavy atom. The molecule has 196 valence electrons. The van der Waals surface area contributed by atoms with Gasteiger partial charge in [-0.05, 0) is 43.9 Å². The first-order valence-electron chi connectivity index (χ1n) is 14.9. The molecule has 0 aromatic rings. The van der Waals surface area contributed by atoms with E-state index in [-0.39, 0.29) is 0 Å². The molecule has 0 aromatic heterocycles. The van der Waals surface area contributed by atoms with Crippen molar-refractivity contribution in [2.75, 3.05) is 26.4 Å². The summed E-state index contributed by atoms with van der Waals surface area (Å²) in [7, 11) is 0. The SMILES string of the molecule is CCCCOCCCCCCCCCC1(CCCCCCCCCOCCCC)CC(=O)C1. The minimum Gasteiger partial charge on any atom is -0.381 e. The van der Waals surface area contributed by atoms with E-state index in [9.17, 15) is 4.79 Å². The van der Waals surface area contributed by atoms with Crippen LogP contribution in [0.3, 0.4) is 0 Å². The monoisotopic (exact) mass is 466 g/mol. The number of rotatable bonds is 26. The summed E-state index contributed by atoms with van der Waals surface area (Å²) in [5, 5.41) is 0. The fourth-order valence-electron chi connectivity index (χ4n) is 5.14. The van der Waals surface area contributed by atoms with Gasteiger partial charge in [-0.15, -0.1) is 0 Å². The number of carbonyl (C=O) groups excluding carboxylic acids is 1. The Balaban J connectivity index is 1.91. The van der Waals surface area contributed by atoms with Gasteiger partial charge in [-0.3, -0.25) is 4.79 Å². The summed E-state index contributed by atoms with van der Waals surface area (Å²) in [6, 6.07) is 0. The lowest BCUT2D eigenvalue weighted by atomic mass is 9.62. The lowest BCUT2D eigenvalue weighted by molar-refractivity contribution is -0.133. The first-order valence-corrected chi connectivity index (χ1v) is 14.9. The van der Waals surface area contributed by atoms with Crippen LogP contribution in [0.15, 0.2) is 0 Å². The lowest BCUT2D eigenvalue weighted by Gasteiger charge is -2.41. The summed E-state index contributed by atoms with van der Waals surface area (Å²) >= 11 is 0. The molecule has 0 radical (unpaired) electrons. The van der Waals surface area contributed by atoms with Gasteiger partial charge in [-0.1, -0.05) is 104 Å². The molecule has 0 aromatic carbocycles. The fourth-order valence-corrected chi connectivity index (χ4v) is 5.14. The topological polar surface area (TPSA) is 35.5 Å². The maximum absolute atomic E-state index is 11.7. The van der Waals surface area contributed by atoms with Crippen molar-refractivity contribution in [2.45, 2.75) is 155 Å². The summed E-state index contributed by atoms with van der Waals surface area (Å²) in [5.41, 5.74) is 0.392. The molecule has 0 bridgehead atoms. The first kappa shape index (κ1) is 30.6. The van der Waals surface area contributed by atoms with Gasteiger partial charge in [0, 0.05) is 39.3 Å². The molecular formula is C30H58O3. The Labute approximate surface area is 207 Å². The molecular weight excluding hydrogens is 408 g/mol. The third-order valence-electron chi connectivity index (χ3n) is 7.42. The predicted molar refractivity (Wildman–Crippen MR) is 142 cm³/mol. The molecule has 1 fully saturated rings. The molecule has 0 spiro atoms. The highest BCUT2D eigenvalue weighted by molar-refractivity contribution is 5.86. The summed E-state index contributed by atoms with van der Waals surface area (Å²) in [5.74, 6) is 0.511. The van der Waals surface area contributed by atoms with Crippen LogP contribution in [0.1, 0.15) is 155 Å². The van der Waals surface area contributed by atoms with Crippen LogP contribution in [-0.4, -0.2) is 32.2 Å². The molecule has 0 amide bonds. The van der Waals surface area contributed by atoms with Gasteiger partial charge in [-0.2, -0.15) is 0 Å². The van der Waals surface area contributed by atoms with E-state index in [4.69, 9.17) is 9.47 Å². The van der Waals surface area contributed by atoms with Crippen molar-refractivity contribution in [1.82, 2.24) is 0 Å². The van der Waals surface area contributed by atoms with Crippen LogP contribution in [0.25, 0.3) is 0 Å². The van der Waals surface area contributed by atoms with E-state index in [1.807, 2.05) is 0 Å². The highest BCUT2D eigenvalue weighted by Crippen LogP contribution is 2.47. The van der Waals surface area contributed by atoms with E-state index in [0.29, 0.717) is 11.2 Å². The summed E-state index contributed by atoms with van der Waals surface area (Å²) in [6.07, 6.45) is 27.8. The van der Waals surface area contributed by atoms with Crippen molar-refractivity contribution in [3.8, 4) is 0 Å². The van der Waals surface area contributed by atoms with E-state index >= 15 is 0 Å². The zero-order valence-corrected chi connectivity index (χ0v) is 22.6. The normalized spacial score (nSPS) is 15.2. The molecule has 1 aliphatic rings. The summed E-state index contributed by atoms with van der Waals surface area (Å²) in [6.45, 7) is 8.20. The molecule has 0 saturated heterocycles. The Kier molecular flexibility index (Phi) is 20.5. The maximum Gasteiger partial charge on any atom is 0.134 e. The van der Waals surface area contributed by atoms with E-state index in [0.717, 1.165) is 39.3 Å². The standard InChI is InChI=1S/C30H58O3/c1-3-5-23-32-25-19-15-11-7-9-13-17-21-30(27-29(31)28-30)22-18-14-10-8-12-16-20-26-33-24-6-4-2/h3-28H2,1-2H3. The highest BCUT2D eigenvalue weighted by atomic mass is 16.5. The summed E-state index contributed by atoms with van der Waals surface area (Å²) in [4.78, 5) is 11.7. The van der Waals surface area contributed by atoms with E-state index in [1.165, 1.54) is 128 Å². The molecule has 3 nitrogen and oxygen atoms in total. The van der Waals surface area contributed by atoms with Crippen molar-refractivity contribution in [1.29, 1.82) is 0 Å². The molecule has 0 atom stereocenters. The molecule has 1 saturated carbocycles. The van der Waals surface area contributed by atoms with Crippen LogP contribution in [0.2, 0.25) is 0 Å². The van der Waals surface area contributed by atoms with E-state index < -0.39 is 0 Å². The Morgan fingerprint density at radius 2 is 0.848 bits per heavy atom. The smallest absolute Gasteiger partial charge is 0.134 e. The number of ketones is 1. The second-order valence-corrected chi connectivity index (χ2v) is 10.8. The quantitative estimate of drug-likeness (QED) is 0.119. The first-order chi connectivity index (χ1) is 16.2. The van der Waals surface area contributed by atoms with Crippen molar-refractivity contribution >= 4 is 5.78 Å². The Bertz CT molecular complexity index is 396. The van der Waals surface area contributed by atoms with Crippen molar-refractivity contribution in [3.05, 3.63) is 0 Å². The van der Waals surface area contributed by atoms with Crippen LogP contribution in [0, 0.1) is 5.41 Å². The van der Waals surface area contributed by atoms with Gasteiger partial charge in [0.05, 0.1) is 0 Å². The van der Waals surface area contributed by atoms with Gasteiger partial charge in [0.15, 0.2) is 0 Å².